The molecule has 0 saturated heterocycles. The van der Waals surface area contributed by atoms with Crippen LogP contribution in [0.2, 0.25) is 0 Å². The van der Waals surface area contributed by atoms with E-state index in [2.05, 4.69) is 10.1 Å². The summed E-state index contributed by atoms with van der Waals surface area (Å²) in [6, 6.07) is 2.45. The van der Waals surface area contributed by atoms with E-state index < -0.39 is 35.7 Å². The first-order chi connectivity index (χ1) is 7.54. The fourth-order valence-electron chi connectivity index (χ4n) is 0.936. The van der Waals surface area contributed by atoms with E-state index in [1.165, 1.54) is 7.05 Å². The fourth-order valence-corrected chi connectivity index (χ4v) is 0.936. The Morgan fingerprint density at radius 1 is 1.38 bits per heavy atom. The van der Waals surface area contributed by atoms with Gasteiger partial charge in [0.1, 0.15) is 11.6 Å². The summed E-state index contributed by atoms with van der Waals surface area (Å²) in [5.74, 6) is -3.35. The summed E-state index contributed by atoms with van der Waals surface area (Å²) in [6.07, 6.45) is 0. The SMILES string of the molecule is CNC(=O)COC(=O)c1ccc(F)cc1F. The summed E-state index contributed by atoms with van der Waals surface area (Å²) in [4.78, 5) is 22.0. The van der Waals surface area contributed by atoms with Gasteiger partial charge in [0.25, 0.3) is 5.91 Å². The third kappa shape index (κ3) is 3.01. The molecule has 1 rings (SSSR count). The van der Waals surface area contributed by atoms with Crippen LogP contribution in [0.4, 0.5) is 8.78 Å². The van der Waals surface area contributed by atoms with Gasteiger partial charge < -0.3 is 10.1 Å². The molecule has 0 heterocycles. The second-order valence-corrected chi connectivity index (χ2v) is 2.87. The van der Waals surface area contributed by atoms with Gasteiger partial charge in [-0.15, -0.1) is 0 Å². The van der Waals surface area contributed by atoms with Gasteiger partial charge >= 0.3 is 5.97 Å². The van der Waals surface area contributed by atoms with Crippen LogP contribution >= 0.6 is 0 Å². The molecule has 4 nitrogen and oxygen atoms in total. The molecule has 0 spiro atoms. The number of halogens is 2. The van der Waals surface area contributed by atoms with Crippen molar-refractivity contribution in [2.45, 2.75) is 0 Å². The molecule has 1 amide bonds. The number of amides is 1. The van der Waals surface area contributed by atoms with Crippen LogP contribution in [0.25, 0.3) is 0 Å². The maximum absolute atomic E-state index is 13.1. The van der Waals surface area contributed by atoms with Crippen molar-refractivity contribution in [2.75, 3.05) is 13.7 Å². The van der Waals surface area contributed by atoms with Crippen LogP contribution in [-0.4, -0.2) is 25.5 Å². The van der Waals surface area contributed by atoms with Gasteiger partial charge in [0, 0.05) is 13.1 Å². The van der Waals surface area contributed by atoms with Crippen LogP contribution in [0.3, 0.4) is 0 Å². The minimum absolute atomic E-state index is 0.412. The lowest BCUT2D eigenvalue weighted by atomic mass is 10.2. The first-order valence-electron chi connectivity index (χ1n) is 4.37. The van der Waals surface area contributed by atoms with Crippen LogP contribution < -0.4 is 5.32 Å². The quantitative estimate of drug-likeness (QED) is 0.782. The number of carbonyl (C=O) groups is 2. The topological polar surface area (TPSA) is 55.4 Å². The van der Waals surface area contributed by atoms with Crippen molar-refractivity contribution in [1.82, 2.24) is 5.32 Å². The van der Waals surface area contributed by atoms with Crippen LogP contribution in [0.1, 0.15) is 10.4 Å². The Morgan fingerprint density at radius 2 is 2.06 bits per heavy atom. The highest BCUT2D eigenvalue weighted by Crippen LogP contribution is 2.10. The number of rotatable bonds is 3. The predicted molar refractivity (Wildman–Crippen MR) is 50.7 cm³/mol. The average Bonchev–Trinajstić information content (AvgIpc) is 2.25. The zero-order chi connectivity index (χ0) is 12.1. The normalized spacial score (nSPS) is 9.69. The van der Waals surface area contributed by atoms with Gasteiger partial charge in [-0.2, -0.15) is 0 Å². The van der Waals surface area contributed by atoms with Gasteiger partial charge in [0.05, 0.1) is 5.56 Å². The maximum Gasteiger partial charge on any atom is 0.341 e. The van der Waals surface area contributed by atoms with E-state index in [1.54, 1.807) is 0 Å². The van der Waals surface area contributed by atoms with Crippen molar-refractivity contribution in [2.24, 2.45) is 0 Å². The summed E-state index contributed by atoms with van der Waals surface area (Å²) in [5.41, 5.74) is -0.412. The molecule has 0 radical (unpaired) electrons. The molecule has 6 heteroatoms. The van der Waals surface area contributed by atoms with E-state index in [0.717, 1.165) is 12.1 Å². The molecule has 0 aliphatic heterocycles. The minimum atomic E-state index is -1.03. The highest BCUT2D eigenvalue weighted by atomic mass is 19.1. The highest BCUT2D eigenvalue weighted by Gasteiger charge is 2.14. The van der Waals surface area contributed by atoms with E-state index in [0.29, 0.717) is 6.07 Å². The number of hydrogen-bond donors (Lipinski definition) is 1. The first-order valence-corrected chi connectivity index (χ1v) is 4.37. The number of hydrogen-bond acceptors (Lipinski definition) is 3. The molecule has 0 aliphatic carbocycles. The highest BCUT2D eigenvalue weighted by molar-refractivity contribution is 5.91. The standard InChI is InChI=1S/C10H9F2NO3/c1-13-9(14)5-16-10(15)7-3-2-6(11)4-8(7)12/h2-4H,5H2,1H3,(H,13,14). The number of likely N-dealkylation sites (N-methyl/N-ethyl adjacent to an activating group) is 1. The zero-order valence-corrected chi connectivity index (χ0v) is 8.42. The lowest BCUT2D eigenvalue weighted by Crippen LogP contribution is -2.25. The summed E-state index contributed by atoms with van der Waals surface area (Å²) in [7, 11) is 1.37. The molecule has 16 heavy (non-hydrogen) atoms. The second kappa shape index (κ2) is 5.20. The number of nitrogens with one attached hydrogen (secondary N) is 1. The lowest BCUT2D eigenvalue weighted by molar-refractivity contribution is -0.123. The zero-order valence-electron chi connectivity index (χ0n) is 8.42. The molecule has 1 N–H and O–H groups in total. The molecule has 0 bridgehead atoms. The van der Waals surface area contributed by atoms with Gasteiger partial charge in [0.2, 0.25) is 0 Å². The van der Waals surface area contributed by atoms with Gasteiger partial charge in [-0.3, -0.25) is 4.79 Å². The Bertz CT molecular complexity index is 421. The van der Waals surface area contributed by atoms with Crippen LogP contribution in [0.5, 0.6) is 0 Å². The molecule has 1 aromatic rings. The van der Waals surface area contributed by atoms with Crippen molar-refractivity contribution < 1.29 is 23.1 Å². The van der Waals surface area contributed by atoms with Crippen LogP contribution in [-0.2, 0) is 9.53 Å². The summed E-state index contributed by atoms with van der Waals surface area (Å²) in [5, 5.41) is 2.23. The monoisotopic (exact) mass is 229 g/mol. The van der Waals surface area contributed by atoms with Gasteiger partial charge in [-0.25, -0.2) is 13.6 Å². The number of benzene rings is 1. The minimum Gasteiger partial charge on any atom is -0.452 e. The fraction of sp³-hybridized carbons (Fsp3) is 0.200. The Labute approximate surface area is 90.2 Å². The van der Waals surface area contributed by atoms with Crippen LogP contribution in [0.15, 0.2) is 18.2 Å². The Morgan fingerprint density at radius 3 is 2.62 bits per heavy atom. The Balaban J connectivity index is 2.70. The van der Waals surface area contributed by atoms with E-state index in [-0.39, 0.29) is 0 Å². The largest absolute Gasteiger partial charge is 0.452 e. The van der Waals surface area contributed by atoms with E-state index in [1.807, 2.05) is 0 Å². The van der Waals surface area contributed by atoms with E-state index >= 15 is 0 Å². The lowest BCUT2D eigenvalue weighted by Gasteiger charge is -2.04. The van der Waals surface area contributed by atoms with Crippen molar-refractivity contribution in [1.29, 1.82) is 0 Å². The molecule has 1 aromatic carbocycles. The third-order valence-electron chi connectivity index (χ3n) is 1.76. The molecule has 0 aromatic heterocycles. The molecule has 0 saturated carbocycles. The molecule has 0 atom stereocenters. The van der Waals surface area contributed by atoms with Gasteiger partial charge in [0.15, 0.2) is 6.61 Å². The summed E-state index contributed by atoms with van der Waals surface area (Å²) in [6.45, 7) is -0.508. The number of ether oxygens (including phenoxy) is 1. The Hall–Kier alpha value is -1.98. The van der Waals surface area contributed by atoms with E-state index in [9.17, 15) is 18.4 Å². The third-order valence-corrected chi connectivity index (χ3v) is 1.76. The maximum atomic E-state index is 13.1. The molecule has 86 valence electrons. The van der Waals surface area contributed by atoms with E-state index in [4.69, 9.17) is 0 Å². The molecular weight excluding hydrogens is 220 g/mol. The average molecular weight is 229 g/mol. The Kier molecular flexibility index (Phi) is 3.93. The predicted octanol–water partition coefficient (Wildman–Crippen LogP) is 0.868. The second-order valence-electron chi connectivity index (χ2n) is 2.87. The molecular formula is C10H9F2NO3. The molecule has 0 fully saturated rings. The smallest absolute Gasteiger partial charge is 0.341 e. The first kappa shape index (κ1) is 12.1. The van der Waals surface area contributed by atoms with Crippen molar-refractivity contribution in [3.8, 4) is 0 Å². The number of esters is 1. The van der Waals surface area contributed by atoms with Crippen molar-refractivity contribution >= 4 is 11.9 Å². The summed E-state index contributed by atoms with van der Waals surface area (Å²) >= 11 is 0. The van der Waals surface area contributed by atoms with Crippen molar-refractivity contribution in [3.05, 3.63) is 35.4 Å². The van der Waals surface area contributed by atoms with Crippen LogP contribution in [0, 0.1) is 11.6 Å². The van der Waals surface area contributed by atoms with Gasteiger partial charge in [-0.05, 0) is 12.1 Å². The molecule has 0 aliphatic rings. The number of carbonyl (C=O) groups excluding carboxylic acids is 2. The molecule has 0 unspecified atom stereocenters. The van der Waals surface area contributed by atoms with Crippen molar-refractivity contribution in [3.63, 3.8) is 0 Å². The summed E-state index contributed by atoms with van der Waals surface area (Å²) < 4.78 is 30.1. The van der Waals surface area contributed by atoms with Gasteiger partial charge in [-0.1, -0.05) is 0 Å².